The third-order valence-corrected chi connectivity index (χ3v) is 6.68. The number of pyridine rings is 1. The van der Waals surface area contributed by atoms with Gasteiger partial charge < -0.3 is 10.1 Å². The minimum absolute atomic E-state index is 0.0493. The molecule has 1 fully saturated rings. The van der Waals surface area contributed by atoms with Crippen molar-refractivity contribution in [2.75, 3.05) is 19.7 Å². The Labute approximate surface area is 172 Å². The fourth-order valence-electron chi connectivity index (χ4n) is 3.49. The van der Waals surface area contributed by atoms with E-state index in [0.717, 1.165) is 40.4 Å². The van der Waals surface area contributed by atoms with Gasteiger partial charge in [-0.1, -0.05) is 6.07 Å². The van der Waals surface area contributed by atoms with Crippen molar-refractivity contribution >= 4 is 38.8 Å². The molecule has 148 valence electrons. The predicted molar refractivity (Wildman–Crippen MR) is 113 cm³/mol. The zero-order chi connectivity index (χ0) is 19.7. The van der Waals surface area contributed by atoms with Crippen molar-refractivity contribution < 1.29 is 9.53 Å². The zero-order valence-electron chi connectivity index (χ0n) is 16.3. The van der Waals surface area contributed by atoms with Crippen LogP contribution >= 0.6 is 22.7 Å². The first-order chi connectivity index (χ1) is 13.5. The lowest BCUT2D eigenvalue weighted by atomic mass is 10.0. The van der Waals surface area contributed by atoms with Gasteiger partial charge in [0.25, 0.3) is 5.91 Å². The van der Waals surface area contributed by atoms with Crippen LogP contribution in [0.25, 0.3) is 10.2 Å². The van der Waals surface area contributed by atoms with Gasteiger partial charge in [0.1, 0.15) is 9.71 Å². The van der Waals surface area contributed by atoms with Crippen LogP contribution in [0.1, 0.15) is 45.1 Å². The summed E-state index contributed by atoms with van der Waals surface area (Å²) in [5, 5.41) is 5.12. The maximum Gasteiger partial charge on any atom is 0.262 e. The Morgan fingerprint density at radius 1 is 1.39 bits per heavy atom. The number of amides is 1. The molecular weight excluding hydrogens is 392 g/mol. The van der Waals surface area contributed by atoms with Crippen molar-refractivity contribution in [1.29, 1.82) is 0 Å². The van der Waals surface area contributed by atoms with Crippen molar-refractivity contribution in [1.82, 2.24) is 20.2 Å². The minimum Gasteiger partial charge on any atom is -0.371 e. The summed E-state index contributed by atoms with van der Waals surface area (Å²) >= 11 is 3.18. The Hall–Kier alpha value is -1.87. The molecule has 1 aliphatic rings. The summed E-state index contributed by atoms with van der Waals surface area (Å²) in [6.45, 7) is 9.10. The van der Waals surface area contributed by atoms with E-state index in [1.807, 2.05) is 39.1 Å². The topological polar surface area (TPSA) is 67.4 Å². The zero-order valence-corrected chi connectivity index (χ0v) is 17.9. The fourth-order valence-corrected chi connectivity index (χ4v) is 5.42. The van der Waals surface area contributed by atoms with Gasteiger partial charge in [-0.3, -0.25) is 9.69 Å². The molecule has 1 saturated heterocycles. The number of hydrogen-bond acceptors (Lipinski definition) is 7. The maximum absolute atomic E-state index is 12.9. The molecule has 8 heteroatoms. The van der Waals surface area contributed by atoms with Crippen LogP contribution in [-0.2, 0) is 11.3 Å². The molecular formula is C20H24N4O2S2. The van der Waals surface area contributed by atoms with Crippen molar-refractivity contribution in [3.8, 4) is 0 Å². The van der Waals surface area contributed by atoms with Gasteiger partial charge in [-0.2, -0.15) is 0 Å². The Morgan fingerprint density at radius 3 is 3.00 bits per heavy atom. The molecule has 4 heterocycles. The van der Waals surface area contributed by atoms with E-state index in [1.54, 1.807) is 17.5 Å². The van der Waals surface area contributed by atoms with E-state index in [2.05, 4.69) is 20.2 Å². The molecule has 0 radical (unpaired) electrons. The monoisotopic (exact) mass is 416 g/mol. The highest BCUT2D eigenvalue weighted by Gasteiger charge is 2.30. The lowest BCUT2D eigenvalue weighted by Crippen LogP contribution is -2.38. The number of thiazole rings is 1. The molecule has 6 nitrogen and oxygen atoms in total. The van der Waals surface area contributed by atoms with Crippen molar-refractivity contribution in [3.05, 3.63) is 44.9 Å². The molecule has 1 aliphatic heterocycles. The van der Waals surface area contributed by atoms with Crippen molar-refractivity contribution in [2.24, 2.45) is 0 Å². The van der Waals surface area contributed by atoms with Gasteiger partial charge in [-0.05, 0) is 26.8 Å². The number of carbonyl (C=O) groups is 1. The van der Waals surface area contributed by atoms with Gasteiger partial charge in [-0.15, -0.1) is 22.7 Å². The van der Waals surface area contributed by atoms with Crippen LogP contribution in [-0.4, -0.2) is 46.5 Å². The fraction of sp³-hybridized carbons (Fsp3) is 0.450. The van der Waals surface area contributed by atoms with Gasteiger partial charge in [0.15, 0.2) is 0 Å². The Morgan fingerprint density at radius 2 is 2.25 bits per heavy atom. The van der Waals surface area contributed by atoms with Crippen LogP contribution < -0.4 is 5.32 Å². The summed E-state index contributed by atoms with van der Waals surface area (Å²) in [6.07, 6.45) is 3.58. The molecule has 1 atom stereocenters. The predicted octanol–water partition coefficient (Wildman–Crippen LogP) is 3.77. The van der Waals surface area contributed by atoms with Gasteiger partial charge in [0.2, 0.25) is 0 Å². The summed E-state index contributed by atoms with van der Waals surface area (Å²) in [7, 11) is 0. The molecule has 0 bridgehead atoms. The van der Waals surface area contributed by atoms with Crippen LogP contribution in [0.15, 0.2) is 24.5 Å². The normalized spacial score (nSPS) is 18.1. The molecule has 1 N–H and O–H groups in total. The number of nitrogens with zero attached hydrogens (tertiary/aromatic N) is 3. The van der Waals surface area contributed by atoms with Crippen LogP contribution in [0.4, 0.5) is 0 Å². The van der Waals surface area contributed by atoms with E-state index in [-0.39, 0.29) is 18.1 Å². The van der Waals surface area contributed by atoms with Gasteiger partial charge in [-0.25, -0.2) is 9.97 Å². The number of carbonyl (C=O) groups excluding carboxylic acids is 1. The second kappa shape index (κ2) is 8.24. The number of fused-ring (bicyclic) bond motifs is 1. The summed E-state index contributed by atoms with van der Waals surface area (Å²) in [6, 6.07) is 4.04. The van der Waals surface area contributed by atoms with Gasteiger partial charge >= 0.3 is 0 Å². The number of ether oxygens (including phenoxy) is 1. The van der Waals surface area contributed by atoms with Crippen LogP contribution in [0, 0.1) is 6.92 Å². The van der Waals surface area contributed by atoms with E-state index in [1.165, 1.54) is 16.2 Å². The minimum atomic E-state index is -0.145. The summed E-state index contributed by atoms with van der Waals surface area (Å²) in [4.78, 5) is 26.9. The number of aromatic nitrogens is 2. The number of rotatable bonds is 5. The van der Waals surface area contributed by atoms with E-state index >= 15 is 0 Å². The van der Waals surface area contributed by atoms with Crippen molar-refractivity contribution in [3.63, 3.8) is 0 Å². The van der Waals surface area contributed by atoms with Gasteiger partial charge in [0.05, 0.1) is 17.7 Å². The molecule has 0 saturated carbocycles. The summed E-state index contributed by atoms with van der Waals surface area (Å²) in [5.41, 5.74) is 0.969. The third kappa shape index (κ3) is 4.10. The summed E-state index contributed by atoms with van der Waals surface area (Å²) in [5.74, 6) is -0.0493. The van der Waals surface area contributed by atoms with Gasteiger partial charge in [0, 0.05) is 53.9 Å². The van der Waals surface area contributed by atoms with E-state index in [4.69, 9.17) is 4.74 Å². The highest BCUT2D eigenvalue weighted by atomic mass is 32.1. The molecule has 1 amide bonds. The Balaban J connectivity index is 1.64. The first-order valence-electron chi connectivity index (χ1n) is 9.45. The number of aryl methyl sites for hydroxylation is 1. The highest BCUT2D eigenvalue weighted by molar-refractivity contribution is 7.20. The Kier molecular flexibility index (Phi) is 5.73. The molecule has 1 unspecified atom stereocenters. The SMILES string of the molecule is Cc1ncc(CN2CCOC(c3c(C(=O)NC(C)C)sc4ncccc34)C2)s1. The molecule has 0 spiro atoms. The number of hydrogen-bond donors (Lipinski definition) is 1. The highest BCUT2D eigenvalue weighted by Crippen LogP contribution is 2.37. The van der Waals surface area contributed by atoms with E-state index in [0.29, 0.717) is 11.5 Å². The quantitative estimate of drug-likeness (QED) is 0.686. The molecule has 0 aliphatic carbocycles. The average molecular weight is 417 g/mol. The smallest absolute Gasteiger partial charge is 0.262 e. The summed E-state index contributed by atoms with van der Waals surface area (Å²) < 4.78 is 6.14. The molecule has 3 aromatic heterocycles. The molecule has 0 aromatic carbocycles. The third-order valence-electron chi connectivity index (χ3n) is 4.65. The molecule has 4 rings (SSSR count). The maximum atomic E-state index is 12.9. The van der Waals surface area contributed by atoms with Crippen LogP contribution in [0.3, 0.4) is 0 Å². The average Bonchev–Trinajstić information content (AvgIpc) is 3.24. The van der Waals surface area contributed by atoms with Crippen molar-refractivity contribution in [2.45, 2.75) is 39.5 Å². The second-order valence-corrected chi connectivity index (χ2v) is 9.59. The number of morpholine rings is 1. The van der Waals surface area contributed by atoms with Crippen LogP contribution in [0.2, 0.25) is 0 Å². The first kappa shape index (κ1) is 19.4. The number of thiophene rings is 1. The number of nitrogens with one attached hydrogen (secondary N) is 1. The largest absolute Gasteiger partial charge is 0.371 e. The van der Waals surface area contributed by atoms with E-state index in [9.17, 15) is 4.79 Å². The molecule has 28 heavy (non-hydrogen) atoms. The molecule has 3 aromatic rings. The first-order valence-corrected chi connectivity index (χ1v) is 11.1. The standard InChI is InChI=1S/C20H24N4O2S2/c1-12(2)23-19(25)18-17(15-5-4-6-21-20(15)28-18)16-11-24(7-8-26-16)10-14-9-22-13(3)27-14/h4-6,9,12,16H,7-8,10-11H2,1-3H3,(H,23,25). The van der Waals surface area contributed by atoms with E-state index < -0.39 is 0 Å². The second-order valence-electron chi connectivity index (χ2n) is 7.27. The Bertz CT molecular complexity index is 982. The van der Waals surface area contributed by atoms with Crippen LogP contribution in [0.5, 0.6) is 0 Å². The lowest BCUT2D eigenvalue weighted by molar-refractivity contribution is -0.0320. The lowest BCUT2D eigenvalue weighted by Gasteiger charge is -2.33.